The number of nitrogens with one attached hydrogen (secondary N) is 1. The molecule has 1 aliphatic rings. The number of aromatic nitrogens is 2. The Labute approximate surface area is 175 Å². The molecule has 1 aliphatic heterocycles. The molecule has 1 aromatic carbocycles. The van der Waals surface area contributed by atoms with Crippen LogP contribution in [0.3, 0.4) is 0 Å². The lowest BCUT2D eigenvalue weighted by Crippen LogP contribution is -2.37. The molecule has 2 atom stereocenters. The molecule has 0 spiro atoms. The molecule has 0 unspecified atom stereocenters. The zero-order chi connectivity index (χ0) is 21.0. The predicted molar refractivity (Wildman–Crippen MR) is 122 cm³/mol. The summed E-state index contributed by atoms with van der Waals surface area (Å²) < 4.78 is 0. The van der Waals surface area contributed by atoms with Crippen molar-refractivity contribution in [3.63, 3.8) is 0 Å². The van der Waals surface area contributed by atoms with E-state index in [1.54, 1.807) is 0 Å². The van der Waals surface area contributed by atoms with Gasteiger partial charge in [0, 0.05) is 30.6 Å². The minimum Gasteiger partial charge on any atom is -0.390 e. The van der Waals surface area contributed by atoms with Gasteiger partial charge >= 0.3 is 0 Å². The van der Waals surface area contributed by atoms with Crippen LogP contribution >= 0.6 is 0 Å². The molecule has 2 N–H and O–H groups in total. The minimum atomic E-state index is -0.556. The van der Waals surface area contributed by atoms with E-state index in [9.17, 15) is 5.11 Å². The van der Waals surface area contributed by atoms with Crippen LogP contribution < -0.4 is 10.2 Å². The molecule has 1 aromatic heterocycles. The monoisotopic (exact) mass is 398 g/mol. The smallest absolute Gasteiger partial charge is 0.226 e. The van der Waals surface area contributed by atoms with Gasteiger partial charge in [-0.3, -0.25) is 0 Å². The quantitative estimate of drug-likeness (QED) is 0.718. The van der Waals surface area contributed by atoms with Crippen molar-refractivity contribution in [1.82, 2.24) is 15.3 Å². The van der Waals surface area contributed by atoms with Crippen molar-refractivity contribution in [2.75, 3.05) is 18.0 Å². The molecular formula is C24H38N4O. The lowest BCUT2D eigenvalue weighted by molar-refractivity contribution is 0.0674. The lowest BCUT2D eigenvalue weighted by atomic mass is 9.99. The third kappa shape index (κ3) is 6.38. The second kappa shape index (κ2) is 9.40. The average Bonchev–Trinajstić information content (AvgIpc) is 2.85. The summed E-state index contributed by atoms with van der Waals surface area (Å²) >= 11 is 0. The summed E-state index contributed by atoms with van der Waals surface area (Å²) in [5, 5.41) is 14.9. The van der Waals surface area contributed by atoms with Gasteiger partial charge in [0.1, 0.15) is 0 Å². The summed E-state index contributed by atoms with van der Waals surface area (Å²) in [4.78, 5) is 12.1. The van der Waals surface area contributed by atoms with Gasteiger partial charge in [0.05, 0.1) is 16.8 Å². The third-order valence-electron chi connectivity index (χ3n) is 5.99. The Morgan fingerprint density at radius 1 is 1.21 bits per heavy atom. The SMILES string of the molecule is Cc1ccc2c(C)nc(N3CCC[C@H](N[C@H](C)CCCC(C)(C)O)CC3)nc2c1. The Kier molecular flexibility index (Phi) is 7.12. The van der Waals surface area contributed by atoms with Gasteiger partial charge in [-0.15, -0.1) is 0 Å². The van der Waals surface area contributed by atoms with Crippen molar-refractivity contribution < 1.29 is 5.11 Å². The third-order valence-corrected chi connectivity index (χ3v) is 5.99. The Balaban J connectivity index is 1.58. The van der Waals surface area contributed by atoms with Crippen LogP contribution in [0.25, 0.3) is 10.9 Å². The molecule has 160 valence electrons. The van der Waals surface area contributed by atoms with Gasteiger partial charge in [0.2, 0.25) is 5.95 Å². The van der Waals surface area contributed by atoms with Crippen molar-refractivity contribution in [2.45, 2.75) is 90.8 Å². The molecule has 3 rings (SSSR count). The predicted octanol–water partition coefficient (Wildman–Crippen LogP) is 4.52. The summed E-state index contributed by atoms with van der Waals surface area (Å²) in [7, 11) is 0. The first kappa shape index (κ1) is 22.0. The van der Waals surface area contributed by atoms with Gasteiger partial charge in [-0.2, -0.15) is 0 Å². The van der Waals surface area contributed by atoms with E-state index in [-0.39, 0.29) is 0 Å². The fraction of sp³-hybridized carbons (Fsp3) is 0.667. The van der Waals surface area contributed by atoms with Crippen LogP contribution in [-0.2, 0) is 0 Å². The highest BCUT2D eigenvalue weighted by Gasteiger charge is 2.21. The van der Waals surface area contributed by atoms with Crippen LogP contribution in [0.15, 0.2) is 18.2 Å². The van der Waals surface area contributed by atoms with E-state index in [0.717, 1.165) is 67.7 Å². The molecule has 1 saturated heterocycles. The second-order valence-electron chi connectivity index (χ2n) is 9.52. The van der Waals surface area contributed by atoms with Gasteiger partial charge in [-0.25, -0.2) is 9.97 Å². The summed E-state index contributed by atoms with van der Waals surface area (Å²) in [6.45, 7) is 12.3. The number of anilines is 1. The highest BCUT2D eigenvalue weighted by Crippen LogP contribution is 2.23. The summed E-state index contributed by atoms with van der Waals surface area (Å²) in [5.74, 6) is 0.875. The van der Waals surface area contributed by atoms with E-state index in [1.165, 1.54) is 12.0 Å². The average molecular weight is 399 g/mol. The van der Waals surface area contributed by atoms with Crippen LogP contribution in [0.4, 0.5) is 5.95 Å². The number of fused-ring (bicyclic) bond motifs is 1. The minimum absolute atomic E-state index is 0.482. The number of nitrogens with zero attached hydrogens (tertiary/aromatic N) is 3. The zero-order valence-electron chi connectivity index (χ0n) is 18.8. The van der Waals surface area contributed by atoms with E-state index in [0.29, 0.717) is 12.1 Å². The Bertz CT molecular complexity index is 814. The molecule has 0 aliphatic carbocycles. The molecule has 0 radical (unpaired) electrons. The highest BCUT2D eigenvalue weighted by molar-refractivity contribution is 5.82. The summed E-state index contributed by atoms with van der Waals surface area (Å²) in [6, 6.07) is 7.44. The first-order valence-corrected chi connectivity index (χ1v) is 11.2. The number of benzene rings is 1. The van der Waals surface area contributed by atoms with Crippen molar-refractivity contribution in [3.8, 4) is 0 Å². The normalized spacial score (nSPS) is 19.4. The van der Waals surface area contributed by atoms with Crippen molar-refractivity contribution in [1.29, 1.82) is 0 Å². The second-order valence-corrected chi connectivity index (χ2v) is 9.52. The standard InChI is InChI=1S/C24H38N4O/c1-17-10-11-21-19(3)26-23(27-22(21)16-17)28-14-7-9-20(12-15-28)25-18(2)8-6-13-24(4,5)29/h10-11,16,18,20,25,29H,6-9,12-15H2,1-5H3/t18-,20+/m1/s1. The Morgan fingerprint density at radius 3 is 2.76 bits per heavy atom. The maximum atomic E-state index is 9.89. The van der Waals surface area contributed by atoms with Crippen LogP contribution in [0, 0.1) is 13.8 Å². The van der Waals surface area contributed by atoms with Crippen LogP contribution in [-0.4, -0.2) is 45.8 Å². The van der Waals surface area contributed by atoms with E-state index in [4.69, 9.17) is 9.97 Å². The van der Waals surface area contributed by atoms with Crippen molar-refractivity contribution in [2.24, 2.45) is 0 Å². The fourth-order valence-corrected chi connectivity index (χ4v) is 4.31. The molecule has 5 nitrogen and oxygen atoms in total. The highest BCUT2D eigenvalue weighted by atomic mass is 16.3. The molecule has 0 amide bonds. The van der Waals surface area contributed by atoms with E-state index >= 15 is 0 Å². The number of aliphatic hydroxyl groups is 1. The maximum Gasteiger partial charge on any atom is 0.226 e. The largest absolute Gasteiger partial charge is 0.390 e. The molecule has 2 aromatic rings. The molecule has 0 bridgehead atoms. The van der Waals surface area contributed by atoms with E-state index < -0.39 is 5.60 Å². The number of aryl methyl sites for hydroxylation is 2. The Morgan fingerprint density at radius 2 is 2.00 bits per heavy atom. The van der Waals surface area contributed by atoms with Crippen LogP contribution in [0.2, 0.25) is 0 Å². The molecule has 0 saturated carbocycles. The summed E-state index contributed by atoms with van der Waals surface area (Å²) in [5.41, 5.74) is 2.79. The van der Waals surface area contributed by atoms with E-state index in [2.05, 4.69) is 49.2 Å². The number of hydrogen-bond acceptors (Lipinski definition) is 5. The number of rotatable bonds is 7. The van der Waals surface area contributed by atoms with Gasteiger partial charge in [0.15, 0.2) is 0 Å². The van der Waals surface area contributed by atoms with Crippen LogP contribution in [0.5, 0.6) is 0 Å². The first-order valence-electron chi connectivity index (χ1n) is 11.2. The fourth-order valence-electron chi connectivity index (χ4n) is 4.31. The molecule has 2 heterocycles. The van der Waals surface area contributed by atoms with E-state index in [1.807, 2.05) is 13.8 Å². The zero-order valence-corrected chi connectivity index (χ0v) is 18.8. The summed E-state index contributed by atoms with van der Waals surface area (Å²) in [6.07, 6.45) is 6.48. The Hall–Kier alpha value is -1.72. The first-order chi connectivity index (χ1) is 13.7. The molecular weight excluding hydrogens is 360 g/mol. The van der Waals surface area contributed by atoms with Crippen molar-refractivity contribution in [3.05, 3.63) is 29.5 Å². The van der Waals surface area contributed by atoms with Crippen molar-refractivity contribution >= 4 is 16.9 Å². The molecule has 1 fully saturated rings. The van der Waals surface area contributed by atoms with Gasteiger partial charge in [-0.05, 0) is 84.8 Å². The van der Waals surface area contributed by atoms with Gasteiger partial charge in [0.25, 0.3) is 0 Å². The molecule has 29 heavy (non-hydrogen) atoms. The van der Waals surface area contributed by atoms with Gasteiger partial charge < -0.3 is 15.3 Å². The van der Waals surface area contributed by atoms with Gasteiger partial charge in [-0.1, -0.05) is 12.1 Å². The number of hydrogen-bond donors (Lipinski definition) is 2. The maximum absolute atomic E-state index is 9.89. The topological polar surface area (TPSA) is 61.3 Å². The lowest BCUT2D eigenvalue weighted by Gasteiger charge is -2.24. The van der Waals surface area contributed by atoms with Crippen LogP contribution in [0.1, 0.15) is 70.6 Å². The molecule has 5 heteroatoms.